The molecule has 1 amide bonds. The lowest BCUT2D eigenvalue weighted by Gasteiger charge is -2.14. The van der Waals surface area contributed by atoms with Crippen LogP contribution in [-0.2, 0) is 17.5 Å². The van der Waals surface area contributed by atoms with Crippen molar-refractivity contribution in [3.8, 4) is 11.8 Å². The summed E-state index contributed by atoms with van der Waals surface area (Å²) in [5.41, 5.74) is -0.0708. The van der Waals surface area contributed by atoms with Gasteiger partial charge in [0.05, 0.1) is 11.1 Å². The van der Waals surface area contributed by atoms with Gasteiger partial charge in [0, 0.05) is 23.6 Å². The number of nitriles is 1. The molecule has 2 heterocycles. The Morgan fingerprint density at radius 3 is 2.35 bits per heavy atom. The summed E-state index contributed by atoms with van der Waals surface area (Å²) in [4.78, 5) is 24.5. The molecule has 0 radical (unpaired) electrons. The minimum Gasteiger partial charge on any atom is -0.309 e. The number of carbonyl (C=O) groups excluding carboxylic acids is 1. The first-order chi connectivity index (χ1) is 14.5. The molecule has 0 aliphatic rings. The molecule has 0 saturated heterocycles. The zero-order valence-corrected chi connectivity index (χ0v) is 16.4. The van der Waals surface area contributed by atoms with Crippen molar-refractivity contribution in [3.63, 3.8) is 0 Å². The summed E-state index contributed by atoms with van der Waals surface area (Å²) < 4.78 is 54.2. The molecule has 0 bridgehead atoms. The Morgan fingerprint density at radius 1 is 1.13 bits per heavy atom. The second kappa shape index (κ2) is 8.10. The molecule has 10 heteroatoms. The van der Waals surface area contributed by atoms with Crippen LogP contribution >= 0.6 is 0 Å². The first-order valence-corrected chi connectivity index (χ1v) is 8.98. The number of nitrogens with zero attached hydrogens (tertiary/aromatic N) is 3. The maximum absolute atomic E-state index is 13.3. The van der Waals surface area contributed by atoms with E-state index in [2.05, 4.69) is 5.32 Å². The van der Waals surface area contributed by atoms with Crippen LogP contribution in [0.2, 0.25) is 0 Å². The highest BCUT2D eigenvalue weighted by atomic mass is 19.4. The van der Waals surface area contributed by atoms with Gasteiger partial charge < -0.3 is 9.88 Å². The van der Waals surface area contributed by atoms with Gasteiger partial charge in [-0.1, -0.05) is 0 Å². The van der Waals surface area contributed by atoms with Gasteiger partial charge in [0.2, 0.25) is 5.91 Å². The number of halogens is 4. The molecule has 1 N–H and O–H groups in total. The van der Waals surface area contributed by atoms with Gasteiger partial charge in [-0.15, -0.1) is 0 Å². The van der Waals surface area contributed by atoms with E-state index in [9.17, 15) is 32.4 Å². The van der Waals surface area contributed by atoms with Gasteiger partial charge in [0.25, 0.3) is 5.56 Å². The lowest BCUT2D eigenvalue weighted by Crippen LogP contribution is -2.28. The van der Waals surface area contributed by atoms with Gasteiger partial charge in [0.15, 0.2) is 0 Å². The maximum atomic E-state index is 13.3. The van der Waals surface area contributed by atoms with Crippen molar-refractivity contribution in [1.82, 2.24) is 9.13 Å². The number of anilines is 1. The van der Waals surface area contributed by atoms with Gasteiger partial charge in [0.1, 0.15) is 24.2 Å². The minimum absolute atomic E-state index is 0.0779. The normalized spacial score (nSPS) is 11.3. The molecule has 1 aromatic carbocycles. The van der Waals surface area contributed by atoms with E-state index in [4.69, 9.17) is 0 Å². The number of carbonyl (C=O) groups is 1. The third kappa shape index (κ3) is 4.35. The molecule has 31 heavy (non-hydrogen) atoms. The van der Waals surface area contributed by atoms with Crippen molar-refractivity contribution >= 4 is 11.7 Å². The molecular weight excluding hydrogens is 416 g/mol. The lowest BCUT2D eigenvalue weighted by atomic mass is 10.2. The van der Waals surface area contributed by atoms with E-state index in [1.54, 1.807) is 13.8 Å². The molecule has 3 rings (SSSR count). The predicted octanol–water partition coefficient (Wildman–Crippen LogP) is 3.92. The molecule has 2 aromatic heterocycles. The fourth-order valence-electron chi connectivity index (χ4n) is 3.12. The van der Waals surface area contributed by atoms with Crippen molar-refractivity contribution in [1.29, 1.82) is 5.26 Å². The molecular formula is C21H16F4N4O2. The minimum atomic E-state index is -4.68. The zero-order valence-electron chi connectivity index (χ0n) is 16.4. The van der Waals surface area contributed by atoms with Crippen LogP contribution < -0.4 is 10.9 Å². The largest absolute Gasteiger partial charge is 0.417 e. The van der Waals surface area contributed by atoms with E-state index in [1.807, 2.05) is 6.07 Å². The molecule has 0 fully saturated rings. The summed E-state index contributed by atoms with van der Waals surface area (Å²) in [5.74, 6) is -1.20. The smallest absolute Gasteiger partial charge is 0.309 e. The number of rotatable bonds is 4. The Morgan fingerprint density at radius 2 is 1.77 bits per heavy atom. The average molecular weight is 432 g/mol. The van der Waals surface area contributed by atoms with Crippen molar-refractivity contribution in [2.24, 2.45) is 0 Å². The van der Waals surface area contributed by atoms with Gasteiger partial charge in [-0.2, -0.15) is 18.4 Å². The van der Waals surface area contributed by atoms with E-state index in [0.717, 1.165) is 6.07 Å². The summed E-state index contributed by atoms with van der Waals surface area (Å²) >= 11 is 0. The Hall–Kier alpha value is -3.87. The molecule has 0 aliphatic carbocycles. The molecule has 0 atom stereocenters. The number of nitrogens with one attached hydrogen (secondary N) is 1. The van der Waals surface area contributed by atoms with Gasteiger partial charge in [-0.25, -0.2) is 4.39 Å². The van der Waals surface area contributed by atoms with Crippen molar-refractivity contribution in [2.75, 3.05) is 5.32 Å². The number of benzene rings is 1. The van der Waals surface area contributed by atoms with E-state index in [-0.39, 0.29) is 11.4 Å². The molecule has 0 saturated carbocycles. The van der Waals surface area contributed by atoms with E-state index >= 15 is 0 Å². The number of amides is 1. The van der Waals surface area contributed by atoms with Gasteiger partial charge in [-0.3, -0.25) is 14.2 Å². The highest BCUT2D eigenvalue weighted by Crippen LogP contribution is 2.30. The second-order valence-electron chi connectivity index (χ2n) is 6.79. The third-order valence-corrected chi connectivity index (χ3v) is 4.79. The van der Waals surface area contributed by atoms with Crippen LogP contribution in [0.5, 0.6) is 0 Å². The lowest BCUT2D eigenvalue weighted by molar-refractivity contribution is -0.138. The topological polar surface area (TPSA) is 79.8 Å². The van der Waals surface area contributed by atoms with Crippen molar-refractivity contribution < 1.29 is 22.4 Å². The Kier molecular flexibility index (Phi) is 5.71. The maximum Gasteiger partial charge on any atom is 0.417 e. The zero-order chi connectivity index (χ0) is 22.9. The number of hydrogen-bond donors (Lipinski definition) is 1. The van der Waals surface area contributed by atoms with E-state index in [0.29, 0.717) is 33.8 Å². The van der Waals surface area contributed by atoms with Crippen LogP contribution in [-0.4, -0.2) is 15.0 Å². The van der Waals surface area contributed by atoms with Crippen molar-refractivity contribution in [3.05, 3.63) is 81.2 Å². The van der Waals surface area contributed by atoms with Crippen molar-refractivity contribution in [2.45, 2.75) is 26.6 Å². The first kappa shape index (κ1) is 21.8. The Balaban J connectivity index is 1.99. The van der Waals surface area contributed by atoms with Crippen LogP contribution in [0.25, 0.3) is 5.69 Å². The molecule has 6 nitrogen and oxygen atoms in total. The van der Waals surface area contributed by atoms with Crippen LogP contribution in [0, 0.1) is 31.0 Å². The monoisotopic (exact) mass is 432 g/mol. The van der Waals surface area contributed by atoms with Gasteiger partial charge >= 0.3 is 6.18 Å². The third-order valence-electron chi connectivity index (χ3n) is 4.79. The Bertz CT molecular complexity index is 1250. The molecule has 0 spiro atoms. The standard InChI is InChI=1S/C21H16F4N4O2/c1-12-13(2)29(16-6-4-15(22)5-7-16)20(17(12)9-26)27-18(30)11-28-10-14(21(23,24)25)3-8-19(28)31/h3-8,10H,11H2,1-2H3,(H,27,30). The van der Waals surface area contributed by atoms with Crippen LogP contribution in [0.1, 0.15) is 22.4 Å². The summed E-state index contributed by atoms with van der Waals surface area (Å²) in [6.45, 7) is 2.67. The van der Waals surface area contributed by atoms with Crippen LogP contribution in [0.4, 0.5) is 23.4 Å². The summed E-state index contributed by atoms with van der Waals surface area (Å²) in [5, 5.41) is 12.1. The summed E-state index contributed by atoms with van der Waals surface area (Å²) in [7, 11) is 0. The quantitative estimate of drug-likeness (QED) is 0.635. The highest BCUT2D eigenvalue weighted by Gasteiger charge is 2.31. The summed E-state index contributed by atoms with van der Waals surface area (Å²) in [6, 6.07) is 8.69. The van der Waals surface area contributed by atoms with E-state index in [1.165, 1.54) is 28.8 Å². The SMILES string of the molecule is Cc1c(C#N)c(NC(=O)Cn2cc(C(F)(F)F)ccc2=O)n(-c2ccc(F)cc2)c1C. The molecule has 3 aromatic rings. The fourth-order valence-corrected chi connectivity index (χ4v) is 3.12. The number of hydrogen-bond acceptors (Lipinski definition) is 3. The average Bonchev–Trinajstić information content (AvgIpc) is 2.93. The molecule has 160 valence electrons. The number of aromatic nitrogens is 2. The number of alkyl halides is 3. The van der Waals surface area contributed by atoms with Crippen LogP contribution in [0.3, 0.4) is 0 Å². The predicted molar refractivity (Wildman–Crippen MR) is 104 cm³/mol. The highest BCUT2D eigenvalue weighted by molar-refractivity contribution is 5.92. The second-order valence-corrected chi connectivity index (χ2v) is 6.79. The fraction of sp³-hybridized carbons (Fsp3) is 0.190. The first-order valence-electron chi connectivity index (χ1n) is 8.98. The molecule has 0 unspecified atom stereocenters. The van der Waals surface area contributed by atoms with Gasteiger partial charge in [-0.05, 0) is 49.7 Å². The number of pyridine rings is 1. The van der Waals surface area contributed by atoms with E-state index < -0.39 is 35.6 Å². The Labute approximate surface area is 174 Å². The molecule has 0 aliphatic heterocycles. The van der Waals surface area contributed by atoms with Crippen LogP contribution in [0.15, 0.2) is 47.4 Å². The summed E-state index contributed by atoms with van der Waals surface area (Å²) in [6.07, 6.45) is -4.12.